The Morgan fingerprint density at radius 1 is 1.00 bits per heavy atom. The minimum Gasteiger partial charge on any atom is -0.306 e. The van der Waals surface area contributed by atoms with E-state index in [2.05, 4.69) is 9.97 Å². The Morgan fingerprint density at radius 3 is 2.28 bits per heavy atom. The van der Waals surface area contributed by atoms with Crippen LogP contribution in [0, 0.1) is 0 Å². The summed E-state index contributed by atoms with van der Waals surface area (Å²) in [6.45, 7) is 4.12. The number of H-pyrrole nitrogens is 1. The van der Waals surface area contributed by atoms with Crippen LogP contribution in [0.1, 0.15) is 13.8 Å². The summed E-state index contributed by atoms with van der Waals surface area (Å²) in [5.74, 6) is 0.456. The Kier molecular flexibility index (Phi) is 5.13. The van der Waals surface area contributed by atoms with Crippen LogP contribution in [0.25, 0.3) is 22.3 Å². The van der Waals surface area contributed by atoms with E-state index in [1.165, 1.54) is 0 Å². The highest BCUT2D eigenvalue weighted by Crippen LogP contribution is 2.46. The van der Waals surface area contributed by atoms with Crippen LogP contribution in [-0.2, 0) is 13.6 Å². The van der Waals surface area contributed by atoms with Gasteiger partial charge in [-0.05, 0) is 38.1 Å². The Morgan fingerprint density at radius 2 is 1.64 bits per heavy atom. The number of hydrogen-bond donors (Lipinski definition) is 1. The fourth-order valence-corrected chi connectivity index (χ4v) is 4.12. The topological polar surface area (TPSA) is 81.3 Å². The molecule has 2 aromatic carbocycles. The number of rotatable bonds is 6. The SMILES string of the molecule is CCOP(=O)(OCC)c1ccc(-c2nc3ccccc3c(=O)[nH]2)cc1. The van der Waals surface area contributed by atoms with Crippen molar-refractivity contribution in [3.8, 4) is 11.4 Å². The van der Waals surface area contributed by atoms with Crippen molar-refractivity contribution in [3.63, 3.8) is 0 Å². The maximum Gasteiger partial charge on any atom is 0.361 e. The molecule has 7 heteroatoms. The molecule has 3 aromatic rings. The van der Waals surface area contributed by atoms with Gasteiger partial charge in [0.25, 0.3) is 5.56 Å². The van der Waals surface area contributed by atoms with Crippen LogP contribution < -0.4 is 10.9 Å². The van der Waals surface area contributed by atoms with Crippen molar-refractivity contribution < 1.29 is 13.6 Å². The van der Waals surface area contributed by atoms with Crippen molar-refractivity contribution in [3.05, 3.63) is 58.9 Å². The van der Waals surface area contributed by atoms with Gasteiger partial charge in [0.05, 0.1) is 29.4 Å². The largest absolute Gasteiger partial charge is 0.361 e. The van der Waals surface area contributed by atoms with Gasteiger partial charge in [0, 0.05) is 5.56 Å². The lowest BCUT2D eigenvalue weighted by Crippen LogP contribution is -2.12. The first kappa shape index (κ1) is 17.5. The molecule has 25 heavy (non-hydrogen) atoms. The quantitative estimate of drug-likeness (QED) is 0.682. The zero-order valence-corrected chi connectivity index (χ0v) is 15.0. The molecule has 3 rings (SSSR count). The third-order valence-electron chi connectivity index (χ3n) is 3.67. The van der Waals surface area contributed by atoms with Crippen LogP contribution >= 0.6 is 7.60 Å². The standard InChI is InChI=1S/C18H19N2O4P/c1-3-23-25(22,24-4-2)14-11-9-13(10-12-14)17-19-16-8-6-5-7-15(16)18(21)20-17/h5-12H,3-4H2,1-2H3,(H,19,20,21). The molecule has 0 fully saturated rings. The molecular weight excluding hydrogens is 339 g/mol. The lowest BCUT2D eigenvalue weighted by Gasteiger charge is -2.17. The van der Waals surface area contributed by atoms with E-state index in [0.717, 1.165) is 0 Å². The van der Waals surface area contributed by atoms with Crippen LogP contribution in [0.4, 0.5) is 0 Å². The van der Waals surface area contributed by atoms with E-state index in [0.29, 0.717) is 40.8 Å². The summed E-state index contributed by atoms with van der Waals surface area (Å²) in [5, 5.41) is 1.02. The first-order valence-electron chi connectivity index (χ1n) is 8.06. The van der Waals surface area contributed by atoms with E-state index in [9.17, 15) is 9.36 Å². The number of fused-ring (bicyclic) bond motifs is 1. The van der Waals surface area contributed by atoms with E-state index in [-0.39, 0.29) is 5.56 Å². The molecule has 1 heterocycles. The van der Waals surface area contributed by atoms with Crippen LogP contribution in [0.15, 0.2) is 53.3 Å². The molecule has 0 atom stereocenters. The second-order valence-electron chi connectivity index (χ2n) is 5.31. The minimum atomic E-state index is -3.32. The van der Waals surface area contributed by atoms with Crippen LogP contribution in [0.5, 0.6) is 0 Å². The molecule has 130 valence electrons. The Labute approximate surface area is 145 Å². The van der Waals surface area contributed by atoms with Crippen LogP contribution in [0.2, 0.25) is 0 Å². The fraction of sp³-hybridized carbons (Fsp3) is 0.222. The maximum absolute atomic E-state index is 12.8. The highest BCUT2D eigenvalue weighted by molar-refractivity contribution is 7.62. The fourth-order valence-electron chi connectivity index (χ4n) is 2.55. The average Bonchev–Trinajstić information content (AvgIpc) is 2.62. The van der Waals surface area contributed by atoms with Gasteiger partial charge in [-0.15, -0.1) is 0 Å². The summed E-state index contributed by atoms with van der Waals surface area (Å²) in [6.07, 6.45) is 0. The maximum atomic E-state index is 12.8. The Bertz CT molecular complexity index is 972. The zero-order chi connectivity index (χ0) is 17.9. The van der Waals surface area contributed by atoms with Gasteiger partial charge in [-0.2, -0.15) is 0 Å². The van der Waals surface area contributed by atoms with Crippen molar-refractivity contribution in [1.82, 2.24) is 9.97 Å². The van der Waals surface area contributed by atoms with Crippen LogP contribution in [-0.4, -0.2) is 23.2 Å². The summed E-state index contributed by atoms with van der Waals surface area (Å²) in [5.41, 5.74) is 1.14. The number of para-hydroxylation sites is 1. The molecule has 0 saturated heterocycles. The molecule has 6 nitrogen and oxygen atoms in total. The van der Waals surface area contributed by atoms with Crippen LogP contribution in [0.3, 0.4) is 0 Å². The molecule has 1 aromatic heterocycles. The van der Waals surface area contributed by atoms with Gasteiger partial charge in [0.15, 0.2) is 0 Å². The molecule has 0 aliphatic rings. The van der Waals surface area contributed by atoms with E-state index in [1.54, 1.807) is 56.3 Å². The molecule has 0 amide bonds. The Hall–Kier alpha value is -2.27. The molecule has 0 unspecified atom stereocenters. The summed E-state index contributed by atoms with van der Waals surface area (Å²) in [6, 6.07) is 14.0. The second kappa shape index (κ2) is 7.31. The smallest absolute Gasteiger partial charge is 0.306 e. The summed E-state index contributed by atoms with van der Waals surface area (Å²) in [4.78, 5) is 19.4. The predicted octanol–water partition coefficient (Wildman–Crippen LogP) is 3.48. The molecule has 0 aliphatic carbocycles. The molecule has 0 spiro atoms. The highest BCUT2D eigenvalue weighted by Gasteiger charge is 2.26. The predicted molar refractivity (Wildman–Crippen MR) is 98.3 cm³/mol. The highest BCUT2D eigenvalue weighted by atomic mass is 31.2. The number of benzene rings is 2. The number of aromatic amines is 1. The van der Waals surface area contributed by atoms with E-state index < -0.39 is 7.60 Å². The normalized spacial score (nSPS) is 11.8. The van der Waals surface area contributed by atoms with E-state index >= 15 is 0 Å². The molecule has 0 aliphatic heterocycles. The van der Waals surface area contributed by atoms with Crippen molar-refractivity contribution in [2.75, 3.05) is 13.2 Å². The van der Waals surface area contributed by atoms with E-state index in [1.807, 2.05) is 6.07 Å². The lowest BCUT2D eigenvalue weighted by atomic mass is 10.2. The van der Waals surface area contributed by atoms with Gasteiger partial charge < -0.3 is 14.0 Å². The van der Waals surface area contributed by atoms with Crippen molar-refractivity contribution in [2.24, 2.45) is 0 Å². The first-order chi connectivity index (χ1) is 12.1. The molecule has 0 bridgehead atoms. The van der Waals surface area contributed by atoms with Crippen molar-refractivity contribution >= 4 is 23.8 Å². The monoisotopic (exact) mass is 358 g/mol. The number of nitrogens with one attached hydrogen (secondary N) is 1. The molecule has 0 saturated carbocycles. The van der Waals surface area contributed by atoms with E-state index in [4.69, 9.17) is 9.05 Å². The lowest BCUT2D eigenvalue weighted by molar-refractivity contribution is 0.230. The van der Waals surface area contributed by atoms with Gasteiger partial charge in [-0.1, -0.05) is 24.3 Å². The Balaban J connectivity index is 2.00. The third-order valence-corrected chi connectivity index (χ3v) is 5.79. The van der Waals surface area contributed by atoms with Gasteiger partial charge in [0.1, 0.15) is 5.82 Å². The van der Waals surface area contributed by atoms with Gasteiger partial charge in [-0.3, -0.25) is 9.36 Å². The van der Waals surface area contributed by atoms with Crippen molar-refractivity contribution in [1.29, 1.82) is 0 Å². The number of nitrogens with zero attached hydrogens (tertiary/aromatic N) is 1. The van der Waals surface area contributed by atoms with Gasteiger partial charge >= 0.3 is 7.60 Å². The molecule has 1 N–H and O–H groups in total. The molecule has 0 radical (unpaired) electrons. The third kappa shape index (κ3) is 3.56. The average molecular weight is 358 g/mol. The molecular formula is C18H19N2O4P. The summed E-state index contributed by atoms with van der Waals surface area (Å²) >= 11 is 0. The van der Waals surface area contributed by atoms with Gasteiger partial charge in [-0.25, -0.2) is 4.98 Å². The van der Waals surface area contributed by atoms with Crippen molar-refractivity contribution in [2.45, 2.75) is 13.8 Å². The number of hydrogen-bond acceptors (Lipinski definition) is 5. The first-order valence-corrected chi connectivity index (χ1v) is 9.61. The number of aromatic nitrogens is 2. The minimum absolute atomic E-state index is 0.195. The summed E-state index contributed by atoms with van der Waals surface area (Å²) < 4.78 is 23.5. The summed E-state index contributed by atoms with van der Waals surface area (Å²) in [7, 11) is -3.32. The zero-order valence-electron chi connectivity index (χ0n) is 14.1. The second-order valence-corrected chi connectivity index (χ2v) is 7.34. The van der Waals surface area contributed by atoms with Gasteiger partial charge in [0.2, 0.25) is 0 Å².